The van der Waals surface area contributed by atoms with E-state index in [2.05, 4.69) is 10.1 Å². The highest BCUT2D eigenvalue weighted by Gasteiger charge is 2.16. The smallest absolute Gasteiger partial charge is 0.258 e. The minimum atomic E-state index is -0.582. The number of nitro benzene ring substituents is 1. The number of nitro groups is 1. The predicted molar refractivity (Wildman–Crippen MR) is 62.2 cm³/mol. The van der Waals surface area contributed by atoms with Gasteiger partial charge in [-0.05, 0) is 26.0 Å². The molecule has 1 aromatic heterocycles. The van der Waals surface area contributed by atoms with Crippen LogP contribution in [0.2, 0.25) is 0 Å². The largest absolute Gasteiger partial charge is 0.289 e. The monoisotopic (exact) mass is 243 g/mol. The van der Waals surface area contributed by atoms with Gasteiger partial charge in [0.2, 0.25) is 0 Å². The Balaban J connectivity index is 2.61. The van der Waals surface area contributed by atoms with Crippen LogP contribution in [0, 0.1) is 35.3 Å². The van der Waals surface area contributed by atoms with E-state index < -0.39 is 4.92 Å². The van der Waals surface area contributed by atoms with Gasteiger partial charge >= 0.3 is 0 Å². The lowest BCUT2D eigenvalue weighted by Crippen LogP contribution is -2.01. The van der Waals surface area contributed by atoms with Gasteiger partial charge in [0.05, 0.1) is 10.6 Å². The highest BCUT2D eigenvalue weighted by molar-refractivity contribution is 5.54. The van der Waals surface area contributed by atoms with Gasteiger partial charge in [-0.3, -0.25) is 10.1 Å². The van der Waals surface area contributed by atoms with Gasteiger partial charge < -0.3 is 0 Å². The molecule has 0 aliphatic heterocycles. The van der Waals surface area contributed by atoms with Gasteiger partial charge in [-0.15, -0.1) is 0 Å². The molecule has 0 aliphatic carbocycles. The van der Waals surface area contributed by atoms with E-state index in [1.54, 1.807) is 26.0 Å². The van der Waals surface area contributed by atoms with Crippen molar-refractivity contribution in [2.24, 2.45) is 0 Å². The number of hydrogen-bond acceptors (Lipinski definition) is 5. The Morgan fingerprint density at radius 1 is 1.44 bits per heavy atom. The third-order valence-electron chi connectivity index (χ3n) is 2.42. The average molecular weight is 243 g/mol. The Morgan fingerprint density at radius 3 is 2.67 bits per heavy atom. The molecule has 0 N–H and O–H groups in total. The lowest BCUT2D eigenvalue weighted by Gasteiger charge is -2.03. The lowest BCUT2D eigenvalue weighted by molar-refractivity contribution is -0.385. The minimum Gasteiger partial charge on any atom is -0.258 e. The van der Waals surface area contributed by atoms with Crippen LogP contribution in [0.1, 0.15) is 17.2 Å². The Labute approximate surface area is 102 Å². The second-order valence-electron chi connectivity index (χ2n) is 3.69. The van der Waals surface area contributed by atoms with E-state index >= 15 is 0 Å². The van der Waals surface area contributed by atoms with Gasteiger partial charge in [0, 0.05) is 6.07 Å². The van der Waals surface area contributed by atoms with E-state index in [1.165, 1.54) is 16.8 Å². The van der Waals surface area contributed by atoms with E-state index in [4.69, 9.17) is 5.26 Å². The van der Waals surface area contributed by atoms with Crippen LogP contribution in [0.15, 0.2) is 18.2 Å². The van der Waals surface area contributed by atoms with E-state index in [0.717, 1.165) is 0 Å². The number of nitrogens with zero attached hydrogens (tertiary/aromatic N) is 5. The van der Waals surface area contributed by atoms with Crippen molar-refractivity contribution in [3.8, 4) is 11.8 Å². The average Bonchev–Trinajstić information content (AvgIpc) is 2.67. The van der Waals surface area contributed by atoms with Crippen molar-refractivity contribution in [1.82, 2.24) is 14.8 Å². The molecule has 2 rings (SSSR count). The zero-order valence-electron chi connectivity index (χ0n) is 9.78. The molecule has 0 saturated carbocycles. The number of aryl methyl sites for hydroxylation is 2. The van der Waals surface area contributed by atoms with Crippen LogP contribution in [-0.2, 0) is 0 Å². The molecule has 0 aliphatic rings. The lowest BCUT2D eigenvalue weighted by atomic mass is 10.2. The molecule has 0 spiro atoms. The summed E-state index contributed by atoms with van der Waals surface area (Å²) in [6, 6.07) is 6.12. The van der Waals surface area contributed by atoms with Gasteiger partial charge in [0.15, 0.2) is 0 Å². The molecule has 90 valence electrons. The summed E-state index contributed by atoms with van der Waals surface area (Å²) in [6.07, 6.45) is 0. The molecule has 7 heteroatoms. The Hall–Kier alpha value is -2.75. The van der Waals surface area contributed by atoms with E-state index in [-0.39, 0.29) is 11.3 Å². The molecule has 18 heavy (non-hydrogen) atoms. The van der Waals surface area contributed by atoms with Crippen LogP contribution in [0.3, 0.4) is 0 Å². The molecule has 0 bridgehead atoms. The van der Waals surface area contributed by atoms with Crippen LogP contribution in [0.4, 0.5) is 5.69 Å². The first-order chi connectivity index (χ1) is 8.52. The number of nitriles is 1. The summed E-state index contributed by atoms with van der Waals surface area (Å²) in [5, 5.41) is 23.8. The van der Waals surface area contributed by atoms with Crippen LogP contribution in [-0.4, -0.2) is 19.7 Å². The van der Waals surface area contributed by atoms with Gasteiger partial charge in [0.25, 0.3) is 5.69 Å². The molecule has 0 atom stereocenters. The Bertz CT molecular complexity index is 669. The standard InChI is InChI=1S/C11H9N5O2/c1-7-13-8(2)15(14-7)10-4-3-9(6-12)11(5-10)16(17)18/h3-5H,1-2H3. The molecule has 0 unspecified atom stereocenters. The Kier molecular flexibility index (Phi) is 2.77. The maximum Gasteiger partial charge on any atom is 0.289 e. The SMILES string of the molecule is Cc1nc(C)n(-c2ccc(C#N)c([N+](=O)[O-])c2)n1. The molecule has 0 radical (unpaired) electrons. The molecule has 0 fully saturated rings. The molecule has 7 nitrogen and oxygen atoms in total. The third-order valence-corrected chi connectivity index (χ3v) is 2.42. The summed E-state index contributed by atoms with van der Waals surface area (Å²) in [6.45, 7) is 3.49. The zero-order valence-corrected chi connectivity index (χ0v) is 9.78. The van der Waals surface area contributed by atoms with Crippen LogP contribution >= 0.6 is 0 Å². The van der Waals surface area contributed by atoms with Crippen molar-refractivity contribution in [2.45, 2.75) is 13.8 Å². The maximum atomic E-state index is 10.9. The second-order valence-corrected chi connectivity index (χ2v) is 3.69. The van der Waals surface area contributed by atoms with Crippen molar-refractivity contribution in [2.75, 3.05) is 0 Å². The van der Waals surface area contributed by atoms with Crippen LogP contribution < -0.4 is 0 Å². The first-order valence-corrected chi connectivity index (χ1v) is 5.12. The summed E-state index contributed by atoms with van der Waals surface area (Å²) in [7, 11) is 0. The van der Waals surface area contributed by atoms with E-state index in [0.29, 0.717) is 17.3 Å². The maximum absolute atomic E-state index is 10.9. The quantitative estimate of drug-likeness (QED) is 0.590. The van der Waals surface area contributed by atoms with Crippen LogP contribution in [0.25, 0.3) is 5.69 Å². The normalized spacial score (nSPS) is 10.1. The molecule has 1 heterocycles. The Morgan fingerprint density at radius 2 is 2.17 bits per heavy atom. The highest BCUT2D eigenvalue weighted by Crippen LogP contribution is 2.22. The van der Waals surface area contributed by atoms with Crippen molar-refractivity contribution >= 4 is 5.69 Å². The predicted octanol–water partition coefficient (Wildman–Crippen LogP) is 1.66. The second kappa shape index (κ2) is 4.25. The van der Waals surface area contributed by atoms with Gasteiger partial charge in [-0.25, -0.2) is 9.67 Å². The van der Waals surface area contributed by atoms with Gasteiger partial charge in [-0.2, -0.15) is 10.4 Å². The third kappa shape index (κ3) is 1.91. The highest BCUT2D eigenvalue weighted by atomic mass is 16.6. The van der Waals surface area contributed by atoms with Crippen LogP contribution in [0.5, 0.6) is 0 Å². The summed E-state index contributed by atoms with van der Waals surface area (Å²) in [4.78, 5) is 14.4. The summed E-state index contributed by atoms with van der Waals surface area (Å²) in [5.74, 6) is 1.21. The minimum absolute atomic E-state index is 0.0261. The molecular formula is C11H9N5O2. The first kappa shape index (κ1) is 11.7. The summed E-state index contributed by atoms with van der Waals surface area (Å²) in [5.41, 5.74) is 0.305. The fourth-order valence-corrected chi connectivity index (χ4v) is 1.66. The number of aromatic nitrogens is 3. The zero-order chi connectivity index (χ0) is 13.3. The van der Waals surface area contributed by atoms with E-state index in [9.17, 15) is 10.1 Å². The number of hydrogen-bond donors (Lipinski definition) is 0. The van der Waals surface area contributed by atoms with E-state index in [1.807, 2.05) is 0 Å². The van der Waals surface area contributed by atoms with Gasteiger partial charge in [-0.1, -0.05) is 0 Å². The van der Waals surface area contributed by atoms with Crippen molar-refractivity contribution in [3.05, 3.63) is 45.5 Å². The fraction of sp³-hybridized carbons (Fsp3) is 0.182. The van der Waals surface area contributed by atoms with Crippen molar-refractivity contribution < 1.29 is 4.92 Å². The molecular weight excluding hydrogens is 234 g/mol. The van der Waals surface area contributed by atoms with Gasteiger partial charge in [0.1, 0.15) is 23.3 Å². The summed E-state index contributed by atoms with van der Waals surface area (Å²) >= 11 is 0. The fourth-order valence-electron chi connectivity index (χ4n) is 1.66. The number of rotatable bonds is 2. The first-order valence-electron chi connectivity index (χ1n) is 5.12. The molecule has 1 aromatic carbocycles. The topological polar surface area (TPSA) is 97.6 Å². The molecule has 2 aromatic rings. The summed E-state index contributed by atoms with van der Waals surface area (Å²) < 4.78 is 1.50. The number of benzene rings is 1. The molecule has 0 saturated heterocycles. The molecule has 0 amide bonds. The van der Waals surface area contributed by atoms with Crippen molar-refractivity contribution in [3.63, 3.8) is 0 Å². The van der Waals surface area contributed by atoms with Crippen molar-refractivity contribution in [1.29, 1.82) is 5.26 Å².